The maximum atomic E-state index is 12.2. The van der Waals surface area contributed by atoms with Crippen molar-refractivity contribution < 1.29 is 9.72 Å². The molecule has 21 heavy (non-hydrogen) atoms. The monoisotopic (exact) mass is 291 g/mol. The summed E-state index contributed by atoms with van der Waals surface area (Å²) in [4.78, 5) is 24.2. The summed E-state index contributed by atoms with van der Waals surface area (Å²) in [6, 6.07) is 6.36. The zero-order valence-electron chi connectivity index (χ0n) is 12.2. The molecule has 6 heteroatoms. The summed E-state index contributed by atoms with van der Waals surface area (Å²) in [5.41, 5.74) is 6.64. The molecule has 6 nitrogen and oxygen atoms in total. The van der Waals surface area contributed by atoms with E-state index in [9.17, 15) is 14.9 Å². The quantitative estimate of drug-likeness (QED) is 0.665. The van der Waals surface area contributed by atoms with Gasteiger partial charge in [-0.05, 0) is 18.4 Å². The van der Waals surface area contributed by atoms with Crippen molar-refractivity contribution in [1.29, 1.82) is 0 Å². The number of nitrogens with zero attached hydrogens (tertiary/aromatic N) is 2. The van der Waals surface area contributed by atoms with E-state index in [0.717, 1.165) is 31.2 Å². The number of amides is 1. The Balaban J connectivity index is 1.97. The number of rotatable bonds is 5. The van der Waals surface area contributed by atoms with E-state index in [1.807, 2.05) is 0 Å². The minimum absolute atomic E-state index is 0.00842. The van der Waals surface area contributed by atoms with Gasteiger partial charge >= 0.3 is 0 Å². The molecule has 114 valence electrons. The number of hydrogen-bond acceptors (Lipinski definition) is 4. The molecule has 1 aromatic carbocycles. The van der Waals surface area contributed by atoms with Gasteiger partial charge in [-0.3, -0.25) is 14.9 Å². The van der Waals surface area contributed by atoms with Gasteiger partial charge in [0.15, 0.2) is 0 Å². The van der Waals surface area contributed by atoms with E-state index in [-0.39, 0.29) is 17.1 Å². The average Bonchev–Trinajstić information content (AvgIpc) is 2.85. The predicted octanol–water partition coefficient (Wildman–Crippen LogP) is 2.21. The standard InChI is InChI=1S/C15H21N3O3/c1-17(14(19)10-15(16)7-2-3-8-15)11-12-5-4-6-13(9-12)18(20)21/h4-6,9H,2-3,7-8,10-11,16H2,1H3. The van der Waals surface area contributed by atoms with E-state index >= 15 is 0 Å². The Morgan fingerprint density at radius 3 is 2.71 bits per heavy atom. The van der Waals surface area contributed by atoms with Gasteiger partial charge in [-0.1, -0.05) is 25.0 Å². The zero-order valence-corrected chi connectivity index (χ0v) is 12.2. The maximum Gasteiger partial charge on any atom is 0.269 e. The van der Waals surface area contributed by atoms with E-state index in [0.29, 0.717) is 13.0 Å². The Kier molecular flexibility index (Phi) is 4.57. The van der Waals surface area contributed by atoms with Crippen molar-refractivity contribution >= 4 is 11.6 Å². The first kappa shape index (κ1) is 15.4. The summed E-state index contributed by atoms with van der Waals surface area (Å²) in [6.07, 6.45) is 4.29. The van der Waals surface area contributed by atoms with Crippen LogP contribution in [0.2, 0.25) is 0 Å². The molecule has 1 aliphatic carbocycles. The van der Waals surface area contributed by atoms with Crippen molar-refractivity contribution in [3.05, 3.63) is 39.9 Å². The maximum absolute atomic E-state index is 12.2. The van der Waals surface area contributed by atoms with Gasteiger partial charge in [-0.25, -0.2) is 0 Å². The lowest BCUT2D eigenvalue weighted by atomic mass is 9.94. The third-order valence-electron chi connectivity index (χ3n) is 4.07. The molecule has 1 aliphatic rings. The van der Waals surface area contributed by atoms with E-state index in [4.69, 9.17) is 5.73 Å². The van der Waals surface area contributed by atoms with E-state index < -0.39 is 4.92 Å². The summed E-state index contributed by atoms with van der Waals surface area (Å²) in [5.74, 6) is -0.00842. The topological polar surface area (TPSA) is 89.5 Å². The smallest absolute Gasteiger partial charge is 0.269 e. The fraction of sp³-hybridized carbons (Fsp3) is 0.533. The van der Waals surface area contributed by atoms with Crippen LogP contribution >= 0.6 is 0 Å². The second-order valence-electron chi connectivity index (χ2n) is 5.92. The lowest BCUT2D eigenvalue weighted by Gasteiger charge is -2.26. The number of nitro benzene ring substituents is 1. The van der Waals surface area contributed by atoms with Crippen LogP contribution in [0.15, 0.2) is 24.3 Å². The number of carbonyl (C=O) groups excluding carboxylic acids is 1. The van der Waals surface area contributed by atoms with Gasteiger partial charge in [0.25, 0.3) is 5.69 Å². The van der Waals surface area contributed by atoms with Crippen LogP contribution in [-0.4, -0.2) is 28.3 Å². The zero-order chi connectivity index (χ0) is 15.5. The molecule has 0 bridgehead atoms. The van der Waals surface area contributed by atoms with Crippen LogP contribution in [-0.2, 0) is 11.3 Å². The number of hydrogen-bond donors (Lipinski definition) is 1. The van der Waals surface area contributed by atoms with E-state index in [2.05, 4.69) is 0 Å². The highest BCUT2D eigenvalue weighted by atomic mass is 16.6. The van der Waals surface area contributed by atoms with Crippen molar-refractivity contribution in [3.63, 3.8) is 0 Å². The molecule has 1 aromatic rings. The molecule has 0 heterocycles. The van der Waals surface area contributed by atoms with Gasteiger partial charge in [-0.15, -0.1) is 0 Å². The highest BCUT2D eigenvalue weighted by Gasteiger charge is 2.32. The highest BCUT2D eigenvalue weighted by molar-refractivity contribution is 5.77. The van der Waals surface area contributed by atoms with E-state index in [1.165, 1.54) is 12.1 Å². The molecule has 1 saturated carbocycles. The summed E-state index contributed by atoms with van der Waals surface area (Å²) in [6.45, 7) is 0.358. The molecule has 0 spiro atoms. The normalized spacial score (nSPS) is 16.7. The lowest BCUT2D eigenvalue weighted by Crippen LogP contribution is -2.42. The van der Waals surface area contributed by atoms with E-state index in [1.54, 1.807) is 24.1 Å². The Morgan fingerprint density at radius 2 is 2.10 bits per heavy atom. The van der Waals surface area contributed by atoms with Crippen LogP contribution in [0, 0.1) is 10.1 Å². The molecule has 2 N–H and O–H groups in total. The van der Waals surface area contributed by atoms with Crippen LogP contribution in [0.5, 0.6) is 0 Å². The van der Waals surface area contributed by atoms with Crippen molar-refractivity contribution in [1.82, 2.24) is 4.90 Å². The Hall–Kier alpha value is -1.95. The Morgan fingerprint density at radius 1 is 1.43 bits per heavy atom. The minimum atomic E-state index is -0.432. The SMILES string of the molecule is CN(Cc1cccc([N+](=O)[O-])c1)C(=O)CC1(N)CCCC1. The fourth-order valence-electron chi connectivity index (χ4n) is 2.82. The second-order valence-corrected chi connectivity index (χ2v) is 5.92. The van der Waals surface area contributed by atoms with Gasteiger partial charge in [0.2, 0.25) is 5.91 Å². The first-order valence-electron chi connectivity index (χ1n) is 7.16. The molecular weight excluding hydrogens is 270 g/mol. The molecule has 0 unspecified atom stereocenters. The van der Waals surface area contributed by atoms with Crippen molar-refractivity contribution in [2.45, 2.75) is 44.2 Å². The molecule has 0 saturated heterocycles. The van der Waals surface area contributed by atoms with Crippen molar-refractivity contribution in [2.75, 3.05) is 7.05 Å². The van der Waals surface area contributed by atoms with Gasteiger partial charge in [0.05, 0.1) is 4.92 Å². The largest absolute Gasteiger partial charge is 0.341 e. The number of benzene rings is 1. The first-order valence-corrected chi connectivity index (χ1v) is 7.16. The molecule has 1 fully saturated rings. The third kappa shape index (κ3) is 4.01. The average molecular weight is 291 g/mol. The van der Waals surface area contributed by atoms with Crippen LogP contribution in [0.25, 0.3) is 0 Å². The minimum Gasteiger partial charge on any atom is -0.341 e. The van der Waals surface area contributed by atoms with Gasteiger partial charge in [0.1, 0.15) is 0 Å². The summed E-state index contributed by atoms with van der Waals surface area (Å²) >= 11 is 0. The van der Waals surface area contributed by atoms with Crippen molar-refractivity contribution in [2.24, 2.45) is 5.73 Å². The summed E-state index contributed by atoms with van der Waals surface area (Å²) in [7, 11) is 1.71. The van der Waals surface area contributed by atoms with Gasteiger partial charge in [0, 0.05) is 37.7 Å². The van der Waals surface area contributed by atoms with Crippen LogP contribution in [0.4, 0.5) is 5.69 Å². The Bertz CT molecular complexity index is 539. The molecule has 0 aliphatic heterocycles. The number of carbonyl (C=O) groups is 1. The molecule has 0 atom stereocenters. The number of nitro groups is 1. The third-order valence-corrected chi connectivity index (χ3v) is 4.07. The lowest BCUT2D eigenvalue weighted by molar-refractivity contribution is -0.384. The Labute approximate surface area is 124 Å². The van der Waals surface area contributed by atoms with Gasteiger partial charge < -0.3 is 10.6 Å². The highest BCUT2D eigenvalue weighted by Crippen LogP contribution is 2.30. The molecule has 0 aromatic heterocycles. The number of non-ortho nitro benzene ring substituents is 1. The molecular formula is C15H21N3O3. The summed E-state index contributed by atoms with van der Waals surface area (Å²) in [5, 5.41) is 10.8. The van der Waals surface area contributed by atoms with Crippen LogP contribution in [0.3, 0.4) is 0 Å². The fourth-order valence-corrected chi connectivity index (χ4v) is 2.82. The number of nitrogens with two attached hydrogens (primary N) is 1. The predicted molar refractivity (Wildman–Crippen MR) is 79.6 cm³/mol. The second kappa shape index (κ2) is 6.22. The van der Waals surface area contributed by atoms with Crippen LogP contribution in [0.1, 0.15) is 37.7 Å². The first-order chi connectivity index (χ1) is 9.89. The molecule has 2 rings (SSSR count). The summed E-state index contributed by atoms with van der Waals surface area (Å²) < 4.78 is 0. The van der Waals surface area contributed by atoms with Crippen molar-refractivity contribution in [3.8, 4) is 0 Å². The van der Waals surface area contributed by atoms with Crippen LogP contribution < -0.4 is 5.73 Å². The molecule has 0 radical (unpaired) electrons. The van der Waals surface area contributed by atoms with Gasteiger partial charge in [-0.2, -0.15) is 0 Å². The molecule has 1 amide bonds.